The molecule has 1 heterocycles. The Labute approximate surface area is 153 Å². The van der Waals surface area contributed by atoms with Crippen LogP contribution in [-0.4, -0.2) is 4.98 Å². The second kappa shape index (κ2) is 7.04. The predicted octanol–water partition coefficient (Wildman–Crippen LogP) is 5.95. The van der Waals surface area contributed by atoms with Crippen molar-refractivity contribution in [1.82, 2.24) is 4.98 Å². The molecule has 0 atom stereocenters. The molecular weight excluding hydrogens is 316 g/mol. The summed E-state index contributed by atoms with van der Waals surface area (Å²) in [6.07, 6.45) is 1.75. The van der Waals surface area contributed by atoms with Gasteiger partial charge >= 0.3 is 0 Å². The Morgan fingerprint density at radius 3 is 1.85 bits per heavy atom. The summed E-state index contributed by atoms with van der Waals surface area (Å²) < 4.78 is 0. The fourth-order valence-corrected chi connectivity index (χ4v) is 3.22. The first-order chi connectivity index (χ1) is 12.9. The van der Waals surface area contributed by atoms with Crippen molar-refractivity contribution in [2.24, 2.45) is 0 Å². The van der Waals surface area contributed by atoms with Gasteiger partial charge in [0.15, 0.2) is 0 Å². The number of hydrogen-bond donors (Lipinski definition) is 0. The number of nitrogens with zero attached hydrogens (tertiary/aromatic N) is 2. The number of hydrogen-bond acceptors (Lipinski definition) is 2. The molecule has 0 aliphatic heterocycles. The lowest BCUT2D eigenvalue weighted by Gasteiger charge is -2.15. The molecule has 26 heavy (non-hydrogen) atoms. The third kappa shape index (κ3) is 2.87. The zero-order valence-corrected chi connectivity index (χ0v) is 14.1. The molecule has 0 unspecified atom stereocenters. The van der Waals surface area contributed by atoms with E-state index >= 15 is 0 Å². The molecule has 0 amide bonds. The summed E-state index contributed by atoms with van der Waals surface area (Å²) in [7, 11) is 0. The van der Waals surface area contributed by atoms with E-state index in [9.17, 15) is 5.26 Å². The Balaban J connectivity index is 2.05. The lowest BCUT2D eigenvalue weighted by atomic mass is 9.87. The van der Waals surface area contributed by atoms with Crippen molar-refractivity contribution in [3.63, 3.8) is 0 Å². The van der Waals surface area contributed by atoms with E-state index in [0.29, 0.717) is 5.56 Å². The average molecular weight is 332 g/mol. The van der Waals surface area contributed by atoms with Gasteiger partial charge in [-0.1, -0.05) is 78.9 Å². The Morgan fingerprint density at radius 1 is 0.615 bits per heavy atom. The highest BCUT2D eigenvalue weighted by atomic mass is 14.7. The summed E-state index contributed by atoms with van der Waals surface area (Å²) in [5.41, 5.74) is 6.43. The van der Waals surface area contributed by atoms with Crippen LogP contribution in [0.15, 0.2) is 97.2 Å². The largest absolute Gasteiger partial charge is 0.256 e. The van der Waals surface area contributed by atoms with Gasteiger partial charge in [0.1, 0.15) is 6.07 Å². The quantitative estimate of drug-likeness (QED) is 0.464. The monoisotopic (exact) mass is 332 g/mol. The van der Waals surface area contributed by atoms with Crippen molar-refractivity contribution in [3.8, 4) is 39.6 Å². The highest BCUT2D eigenvalue weighted by molar-refractivity contribution is 5.92. The SMILES string of the molecule is N#Cc1c(-c2ccccn2)ccc(-c2ccccc2)c1-c1ccccc1. The fourth-order valence-electron chi connectivity index (χ4n) is 3.22. The van der Waals surface area contributed by atoms with Crippen molar-refractivity contribution in [3.05, 3.63) is 103 Å². The summed E-state index contributed by atoms with van der Waals surface area (Å²) in [4.78, 5) is 4.44. The average Bonchev–Trinajstić information content (AvgIpc) is 2.74. The van der Waals surface area contributed by atoms with Gasteiger partial charge in [0.2, 0.25) is 0 Å². The molecule has 0 radical (unpaired) electrons. The maximum absolute atomic E-state index is 10.0. The first-order valence-corrected chi connectivity index (χ1v) is 8.48. The van der Waals surface area contributed by atoms with Crippen LogP contribution in [0.25, 0.3) is 33.5 Å². The van der Waals surface area contributed by atoms with E-state index < -0.39 is 0 Å². The molecule has 0 spiro atoms. The van der Waals surface area contributed by atoms with Gasteiger partial charge in [-0.2, -0.15) is 5.26 Å². The van der Waals surface area contributed by atoms with Crippen LogP contribution in [-0.2, 0) is 0 Å². The van der Waals surface area contributed by atoms with Gasteiger partial charge in [0, 0.05) is 17.3 Å². The highest BCUT2D eigenvalue weighted by Gasteiger charge is 2.17. The molecule has 0 saturated heterocycles. The van der Waals surface area contributed by atoms with Crippen molar-refractivity contribution >= 4 is 0 Å². The summed E-state index contributed by atoms with van der Waals surface area (Å²) in [5, 5.41) is 10.0. The summed E-state index contributed by atoms with van der Waals surface area (Å²) in [6.45, 7) is 0. The van der Waals surface area contributed by atoms with Crippen molar-refractivity contribution in [1.29, 1.82) is 5.26 Å². The van der Waals surface area contributed by atoms with E-state index in [4.69, 9.17) is 0 Å². The van der Waals surface area contributed by atoms with Gasteiger partial charge in [0.25, 0.3) is 0 Å². The Hall–Kier alpha value is -3.70. The van der Waals surface area contributed by atoms with E-state index in [1.165, 1.54) is 0 Å². The van der Waals surface area contributed by atoms with Crippen molar-refractivity contribution < 1.29 is 0 Å². The van der Waals surface area contributed by atoms with Crippen molar-refractivity contribution in [2.45, 2.75) is 0 Å². The van der Waals surface area contributed by atoms with Gasteiger partial charge < -0.3 is 0 Å². The molecule has 3 aromatic carbocycles. The number of rotatable bonds is 3. The molecule has 4 rings (SSSR count). The summed E-state index contributed by atoms with van der Waals surface area (Å²) >= 11 is 0. The normalized spacial score (nSPS) is 10.3. The van der Waals surface area contributed by atoms with E-state index in [0.717, 1.165) is 33.5 Å². The van der Waals surface area contributed by atoms with Crippen LogP contribution in [0.4, 0.5) is 0 Å². The molecule has 0 N–H and O–H groups in total. The summed E-state index contributed by atoms with van der Waals surface area (Å²) in [6, 6.07) is 32.5. The van der Waals surface area contributed by atoms with Crippen LogP contribution in [0.1, 0.15) is 5.56 Å². The molecule has 0 fully saturated rings. The second-order valence-electron chi connectivity index (χ2n) is 5.97. The number of benzene rings is 3. The Morgan fingerprint density at radius 2 is 1.23 bits per heavy atom. The molecule has 2 heteroatoms. The van der Waals surface area contributed by atoms with Crippen LogP contribution in [0.3, 0.4) is 0 Å². The van der Waals surface area contributed by atoms with E-state index in [2.05, 4.69) is 29.3 Å². The molecule has 0 aliphatic rings. The molecule has 122 valence electrons. The van der Waals surface area contributed by atoms with E-state index in [1.54, 1.807) is 6.20 Å². The topological polar surface area (TPSA) is 36.7 Å². The molecular formula is C24H16N2. The molecule has 0 saturated carbocycles. The van der Waals surface area contributed by atoms with Crippen LogP contribution in [0.5, 0.6) is 0 Å². The maximum atomic E-state index is 10.0. The van der Waals surface area contributed by atoms with Crippen molar-refractivity contribution in [2.75, 3.05) is 0 Å². The van der Waals surface area contributed by atoms with E-state index in [1.807, 2.05) is 72.8 Å². The fraction of sp³-hybridized carbons (Fsp3) is 0. The molecule has 0 bridgehead atoms. The third-order valence-electron chi connectivity index (χ3n) is 4.41. The molecule has 2 nitrogen and oxygen atoms in total. The minimum atomic E-state index is 0.649. The number of nitriles is 1. The molecule has 1 aromatic heterocycles. The third-order valence-corrected chi connectivity index (χ3v) is 4.41. The Kier molecular flexibility index (Phi) is 4.28. The van der Waals surface area contributed by atoms with Gasteiger partial charge in [-0.3, -0.25) is 4.98 Å². The number of aromatic nitrogens is 1. The van der Waals surface area contributed by atoms with Crippen LogP contribution >= 0.6 is 0 Å². The van der Waals surface area contributed by atoms with Gasteiger partial charge in [-0.25, -0.2) is 0 Å². The highest BCUT2D eigenvalue weighted by Crippen LogP contribution is 2.39. The number of pyridine rings is 1. The van der Waals surface area contributed by atoms with Crippen LogP contribution in [0, 0.1) is 11.3 Å². The maximum Gasteiger partial charge on any atom is 0.101 e. The zero-order chi connectivity index (χ0) is 17.8. The van der Waals surface area contributed by atoms with Crippen LogP contribution in [0.2, 0.25) is 0 Å². The zero-order valence-electron chi connectivity index (χ0n) is 14.1. The second-order valence-corrected chi connectivity index (χ2v) is 5.97. The van der Waals surface area contributed by atoms with Crippen LogP contribution < -0.4 is 0 Å². The standard InChI is InChI=1S/C24H16N2/c25-17-22-21(23-13-7-8-16-26-23)15-14-20(18-9-3-1-4-10-18)24(22)19-11-5-2-6-12-19/h1-16H. The minimum absolute atomic E-state index is 0.649. The molecule has 4 aromatic rings. The first-order valence-electron chi connectivity index (χ1n) is 8.48. The van der Waals surface area contributed by atoms with Gasteiger partial charge in [-0.15, -0.1) is 0 Å². The van der Waals surface area contributed by atoms with E-state index in [-0.39, 0.29) is 0 Å². The predicted molar refractivity (Wildman–Crippen MR) is 105 cm³/mol. The van der Waals surface area contributed by atoms with Gasteiger partial charge in [0.05, 0.1) is 11.3 Å². The lowest BCUT2D eigenvalue weighted by Crippen LogP contribution is -1.95. The minimum Gasteiger partial charge on any atom is -0.256 e. The summed E-state index contributed by atoms with van der Waals surface area (Å²) in [5.74, 6) is 0. The molecule has 0 aliphatic carbocycles. The Bertz CT molecular complexity index is 1060. The lowest BCUT2D eigenvalue weighted by molar-refractivity contribution is 1.32. The first kappa shape index (κ1) is 15.8. The van der Waals surface area contributed by atoms with Gasteiger partial charge in [-0.05, 0) is 28.8 Å². The smallest absolute Gasteiger partial charge is 0.101 e.